The molecule has 0 aromatic carbocycles. The Bertz CT molecular complexity index is 3190. The van der Waals surface area contributed by atoms with E-state index in [0.29, 0.717) is 0 Å². The maximum atomic E-state index is 10.4. The van der Waals surface area contributed by atoms with E-state index in [2.05, 4.69) is 77.6 Å². The molecule has 138 heavy (non-hydrogen) atoms. The maximum Gasteiger partial charge on any atom is 1.00 e. The number of hydrogen-bond acceptors (Lipinski definition) is 78. The van der Waals surface area contributed by atoms with Crippen molar-refractivity contribution in [3.05, 3.63) is 0 Å². The van der Waals surface area contributed by atoms with E-state index in [4.69, 9.17) is 0 Å². The average Bonchev–Trinajstić information content (AvgIpc) is 0.860. The van der Waals surface area contributed by atoms with Crippen LogP contribution in [0.15, 0.2) is 0 Å². The predicted octanol–water partition coefficient (Wildman–Crippen LogP) is -134. The molecule has 0 saturated carbocycles. The van der Waals surface area contributed by atoms with E-state index in [1.807, 2.05) is 0 Å². The third-order valence-corrected chi connectivity index (χ3v) is 32.4. The molecule has 0 aromatic rings. The minimum Gasteiger partial charge on any atom is -0.790 e. The fraction of sp³-hybridized carbons (Fsp3) is 0. The summed E-state index contributed by atoms with van der Waals surface area (Å²) in [4.78, 5) is 360. The van der Waals surface area contributed by atoms with Crippen LogP contribution in [0.2, 0.25) is 0 Å². The van der Waals surface area contributed by atoms with Crippen molar-refractivity contribution in [2.45, 2.75) is 0 Å². The first-order valence-corrected chi connectivity index (χ1v) is 52.6. The Balaban J connectivity index is -0.0000000190. The van der Waals surface area contributed by atoms with Gasteiger partial charge in [0, 0.05) is 0 Å². The molecule has 0 heterocycles. The van der Waals surface area contributed by atoms with E-state index in [-0.39, 0.29) is 1060 Å². The third kappa shape index (κ3) is 246. The SMILES string of the molecule is O=P([O-])([O-])OP(=O)([O-])OP(=O)([O-])OP(=O)([O-])[O-].O=P([O-])([O-])OP(=O)([O-])OP(=O)([O-])OP(=O)([O-])[O-].O=P([O-])([O-])OP(=O)([O-])OP(=O)([O-])OP(=O)([O-])[O-].O=P([O-])([O-])OP(=O)([O-])OP(=O)([O-])OP(=O)([O-])[O-].O=P([O-])([O-])OP(=O)([O-])OP(=O)([O-])OP(=O)([O-])[O-].O=P([O-])([O-])OP(=O)([O-])OP(=O)([O-])OP(=O)([O-])[O-].[Na+].[Na+].[Na+].[Na+].[Na+].[Na+].[Na+].[Na+].[Na+].[Na+].[Na+].[Na+].[Na+].[Na+].[Na+].[Na+].[Na+].[Na+].[Na+].[Na+].[Na+].[Na+].[Na+].[Na+].[Na+].[Na+].[Na+].[Na+].[Na+].[Na+].[Na+].[Na+].[Na+].[Na+].[Na+].[Na+]. The molecule has 0 aliphatic heterocycles. The van der Waals surface area contributed by atoms with Gasteiger partial charge in [0.1, 0.15) is 0 Å². The van der Waals surface area contributed by atoms with E-state index in [1.54, 1.807) is 0 Å². The van der Waals surface area contributed by atoms with Gasteiger partial charge >= 0.3 is 1060 Å². The molecule has 0 amide bonds. The smallest absolute Gasteiger partial charge is 0.790 e. The van der Waals surface area contributed by atoms with Crippen molar-refractivity contribution < 1.29 is 1430 Å². The van der Waals surface area contributed by atoms with Gasteiger partial charge in [-0.1, -0.05) is 0 Å². The van der Waals surface area contributed by atoms with E-state index >= 15 is 0 Å². The molecule has 0 rings (SSSR count). The Morgan fingerprint density at radius 1 is 0.0725 bits per heavy atom. The van der Waals surface area contributed by atoms with E-state index in [9.17, 15) is 286 Å². The van der Waals surface area contributed by atoms with Gasteiger partial charge in [-0.15, -0.1) is 0 Å². The zero-order valence-corrected chi connectivity index (χ0v) is 172. The molecule has 0 aliphatic carbocycles. The van der Waals surface area contributed by atoms with Crippen LogP contribution < -0.4 is 1240 Å². The van der Waals surface area contributed by atoms with E-state index in [1.165, 1.54) is 0 Å². The molecule has 12 unspecified atom stereocenters. The first-order chi connectivity index (χ1) is 42.7. The van der Waals surface area contributed by atoms with Crippen LogP contribution in [-0.2, 0) is 187 Å². The van der Waals surface area contributed by atoms with Crippen LogP contribution >= 0.6 is 188 Å². The Morgan fingerprint density at radius 3 is 0.123 bits per heavy atom. The van der Waals surface area contributed by atoms with Gasteiger partial charge in [-0.2, -0.15) is 0 Å². The Hall–Kier alpha value is 39.4. The first-order valence-electron chi connectivity index (χ1n) is 17.5. The summed E-state index contributed by atoms with van der Waals surface area (Å²) in [6.45, 7) is 0. The van der Waals surface area contributed by atoms with Crippen molar-refractivity contribution in [1.29, 1.82) is 0 Å². The summed E-state index contributed by atoms with van der Waals surface area (Å²) in [6.07, 6.45) is 0. The Labute approximate surface area is 1570 Å². The molecule has 0 aliphatic rings. The quantitative estimate of drug-likeness (QED) is 0.0415. The summed E-state index contributed by atoms with van der Waals surface area (Å²) >= 11 is 0. The molecule has 78 nitrogen and oxygen atoms in total. The van der Waals surface area contributed by atoms with Gasteiger partial charge in [0.15, 0.2) is 0 Å². The van der Waals surface area contributed by atoms with Crippen molar-refractivity contribution in [3.8, 4) is 0 Å². The zero-order valence-electron chi connectivity index (χ0n) is 78.6. The van der Waals surface area contributed by atoms with Gasteiger partial charge in [0.05, 0.1) is 93.9 Å². The molecule has 0 saturated heterocycles. The van der Waals surface area contributed by atoms with E-state index < -0.39 is 188 Å². The largest absolute Gasteiger partial charge is 1.00 e. The minimum absolute atomic E-state index is 0. The van der Waals surface area contributed by atoms with Crippen molar-refractivity contribution in [2.24, 2.45) is 0 Å². The predicted molar refractivity (Wildman–Crippen MR) is 202 cm³/mol. The number of rotatable bonds is 36. The summed E-state index contributed by atoms with van der Waals surface area (Å²) in [5.74, 6) is 0. The molecule has 0 radical (unpaired) electrons. The molecule has 12 atom stereocenters. The van der Waals surface area contributed by atoms with Crippen LogP contribution in [0.5, 0.6) is 0 Å². The van der Waals surface area contributed by atoms with Gasteiger partial charge in [-0.05, 0) is 0 Å². The zero-order chi connectivity index (χ0) is 84.7. The van der Waals surface area contributed by atoms with Crippen LogP contribution in [0.25, 0.3) is 0 Å². The van der Waals surface area contributed by atoms with Crippen LogP contribution in [0.1, 0.15) is 0 Å². The van der Waals surface area contributed by atoms with Crippen LogP contribution in [0.3, 0.4) is 0 Å². The number of phosphoric acid groups is 24. The molecule has 138 heteroatoms. The average molecular weight is 2820 g/mol. The fourth-order valence-electron chi connectivity index (χ4n) is 2.38. The Morgan fingerprint density at radius 2 is 0.101 bits per heavy atom. The molecular weight excluding hydrogens is 2820 g/mol. The monoisotopic (exact) mass is 2820 g/mol. The number of hydrogen-bond donors (Lipinski definition) is 0. The van der Waals surface area contributed by atoms with Crippen molar-refractivity contribution in [2.75, 3.05) is 0 Å². The van der Waals surface area contributed by atoms with Crippen molar-refractivity contribution in [3.63, 3.8) is 0 Å². The second kappa shape index (κ2) is 134. The molecule has 624 valence electrons. The maximum absolute atomic E-state index is 10.4. The molecule has 0 bridgehead atoms. The molecule has 0 N–H and O–H groups in total. The van der Waals surface area contributed by atoms with E-state index in [0.717, 1.165) is 0 Å². The Kier molecular flexibility index (Phi) is 292. The second-order valence-electron chi connectivity index (χ2n) is 12.2. The van der Waals surface area contributed by atoms with Gasteiger partial charge in [-0.25, -0.2) is 25.9 Å². The third-order valence-electron chi connectivity index (χ3n) is 3.60. The molecule has 0 aromatic heterocycles. The summed E-state index contributed by atoms with van der Waals surface area (Å²) in [6, 6.07) is 0. The van der Waals surface area contributed by atoms with Gasteiger partial charge < -0.3 is 231 Å². The molecular formula is Na36O78P24. The van der Waals surface area contributed by atoms with Gasteiger partial charge in [-0.3, -0.25) is 107 Å². The summed E-state index contributed by atoms with van der Waals surface area (Å²) < 4.78 is 291. The van der Waals surface area contributed by atoms with Crippen LogP contribution in [0, 0.1) is 0 Å². The summed E-state index contributed by atoms with van der Waals surface area (Å²) in [5.41, 5.74) is 0. The topological polar surface area (TPSA) is 1410 Å². The molecule has 0 spiro atoms. The minimum atomic E-state index is -6.26. The summed E-state index contributed by atoms with van der Waals surface area (Å²) in [7, 11) is -149. The summed E-state index contributed by atoms with van der Waals surface area (Å²) in [5, 5.41) is 0. The first kappa shape index (κ1) is 301. The van der Waals surface area contributed by atoms with Crippen molar-refractivity contribution in [1.82, 2.24) is 0 Å². The molecule has 0 fully saturated rings. The standard InChI is InChI=1S/36Na.6H6O13P4/c;;;;;;;;;;;;;;;;;;;;;;;;;;;;;;;;;;;;6*1-14(2,3)11-16(7,8)13-17(9,10)12-15(4,5)6/h;;;;;;;;;;;;;;;;;;;;;;;;;;;;;;;;;;;;6*(H,7,8)(H,9,10)(H2,1,2,3)(H2,4,5,6)/q36*+1;;;;;;/p-36. The fourth-order valence-corrected chi connectivity index (χ4v) is 24.7. The van der Waals surface area contributed by atoms with Gasteiger partial charge in [0.2, 0.25) is 0 Å². The van der Waals surface area contributed by atoms with Gasteiger partial charge in [0.25, 0.3) is 93.9 Å². The second-order valence-corrected chi connectivity index (χ2v) is 45.4. The normalized spacial score (nSPS) is 15.2. The van der Waals surface area contributed by atoms with Crippen LogP contribution in [-0.4, -0.2) is 0 Å². The van der Waals surface area contributed by atoms with Crippen molar-refractivity contribution >= 4 is 188 Å². The van der Waals surface area contributed by atoms with Crippen LogP contribution in [0.4, 0.5) is 0 Å².